The van der Waals surface area contributed by atoms with Gasteiger partial charge in [-0.2, -0.15) is 0 Å². The number of hydrogen-bond acceptors (Lipinski definition) is 4. The maximum atomic E-state index is 12.1. The summed E-state index contributed by atoms with van der Waals surface area (Å²) in [5.74, 6) is -0.733. The van der Waals surface area contributed by atoms with E-state index in [-0.39, 0.29) is 12.5 Å². The number of likely N-dealkylation sites (tertiary alicyclic amines) is 1. The van der Waals surface area contributed by atoms with E-state index in [0.29, 0.717) is 13.0 Å². The molecule has 0 bridgehead atoms. The summed E-state index contributed by atoms with van der Waals surface area (Å²) < 4.78 is 5.19. The maximum absolute atomic E-state index is 12.1. The molecule has 1 atom stereocenters. The third-order valence-corrected chi connectivity index (χ3v) is 2.68. The lowest BCUT2D eigenvalue weighted by Gasteiger charge is -2.25. The standard InChI is InChI=1S/C12H20N4O3/c1-12(2,3)19-10(17)8-16-7-5-4-6-9(11(16)18)14-15-13/h9H,4-8H2,1-3H3/t9-/m1/s1. The molecule has 0 N–H and O–H groups in total. The van der Waals surface area contributed by atoms with Gasteiger partial charge < -0.3 is 9.64 Å². The van der Waals surface area contributed by atoms with Gasteiger partial charge in [-0.1, -0.05) is 11.5 Å². The van der Waals surface area contributed by atoms with Crippen LogP contribution in [0.1, 0.15) is 40.0 Å². The molecule has 0 saturated carbocycles. The number of nitrogens with zero attached hydrogens (tertiary/aromatic N) is 4. The minimum atomic E-state index is -0.699. The molecule has 7 heteroatoms. The van der Waals surface area contributed by atoms with Crippen LogP contribution in [0.3, 0.4) is 0 Å². The number of rotatable bonds is 3. The van der Waals surface area contributed by atoms with Crippen molar-refractivity contribution in [3.8, 4) is 0 Å². The number of azide groups is 1. The first-order valence-corrected chi connectivity index (χ1v) is 6.38. The Bertz CT molecular complexity index is 396. The van der Waals surface area contributed by atoms with E-state index in [1.54, 1.807) is 20.8 Å². The topological polar surface area (TPSA) is 95.4 Å². The number of carbonyl (C=O) groups is 2. The Hall–Kier alpha value is -1.75. The van der Waals surface area contributed by atoms with Gasteiger partial charge in [0, 0.05) is 11.5 Å². The van der Waals surface area contributed by atoms with Gasteiger partial charge in [0.05, 0.1) is 0 Å². The summed E-state index contributed by atoms with van der Waals surface area (Å²) in [6.07, 6.45) is 2.14. The third kappa shape index (κ3) is 5.18. The Morgan fingerprint density at radius 1 is 1.53 bits per heavy atom. The van der Waals surface area contributed by atoms with Gasteiger partial charge in [0.2, 0.25) is 5.91 Å². The van der Waals surface area contributed by atoms with Crippen molar-refractivity contribution in [3.63, 3.8) is 0 Å². The van der Waals surface area contributed by atoms with Crippen molar-refractivity contribution in [2.45, 2.75) is 51.7 Å². The Balaban J connectivity index is 2.67. The van der Waals surface area contributed by atoms with Crippen molar-refractivity contribution in [2.75, 3.05) is 13.1 Å². The summed E-state index contributed by atoms with van der Waals surface area (Å²) in [6, 6.07) is -0.699. The van der Waals surface area contributed by atoms with E-state index in [1.807, 2.05) is 0 Å². The van der Waals surface area contributed by atoms with Crippen molar-refractivity contribution < 1.29 is 14.3 Å². The largest absolute Gasteiger partial charge is 0.459 e. The van der Waals surface area contributed by atoms with Gasteiger partial charge in [-0.15, -0.1) is 0 Å². The van der Waals surface area contributed by atoms with Crippen LogP contribution in [0.2, 0.25) is 0 Å². The molecule has 0 unspecified atom stereocenters. The minimum absolute atomic E-state index is 0.0897. The van der Waals surface area contributed by atoms with Crippen molar-refractivity contribution in [1.29, 1.82) is 0 Å². The van der Waals surface area contributed by atoms with Crippen LogP contribution in [0, 0.1) is 0 Å². The number of carbonyl (C=O) groups excluding carboxylic acids is 2. The lowest BCUT2D eigenvalue weighted by Crippen LogP contribution is -2.42. The second-order valence-corrected chi connectivity index (χ2v) is 5.56. The molecule has 1 fully saturated rings. The summed E-state index contributed by atoms with van der Waals surface area (Å²) in [6.45, 7) is 5.73. The Labute approximate surface area is 112 Å². The van der Waals surface area contributed by atoms with Crippen molar-refractivity contribution in [1.82, 2.24) is 4.90 Å². The summed E-state index contributed by atoms with van der Waals surface area (Å²) in [5.41, 5.74) is 7.87. The molecule has 0 aromatic rings. The minimum Gasteiger partial charge on any atom is -0.459 e. The fraction of sp³-hybridized carbons (Fsp3) is 0.833. The SMILES string of the molecule is CC(C)(C)OC(=O)CN1CCCC[C@@H](N=[N+]=[N-])C1=O. The lowest BCUT2D eigenvalue weighted by atomic mass is 10.1. The average molecular weight is 268 g/mol. The van der Waals surface area contributed by atoms with Gasteiger partial charge in [0.1, 0.15) is 18.2 Å². The highest BCUT2D eigenvalue weighted by Gasteiger charge is 2.28. The van der Waals surface area contributed by atoms with E-state index >= 15 is 0 Å². The van der Waals surface area contributed by atoms with Crippen LogP contribution in [0.25, 0.3) is 10.4 Å². The van der Waals surface area contributed by atoms with Gasteiger partial charge in [0.15, 0.2) is 0 Å². The molecule has 1 rings (SSSR count). The molecular formula is C12H20N4O3. The summed E-state index contributed by atoms with van der Waals surface area (Å²) in [5, 5.41) is 3.49. The summed E-state index contributed by atoms with van der Waals surface area (Å²) in [4.78, 5) is 27.9. The van der Waals surface area contributed by atoms with Crippen molar-refractivity contribution >= 4 is 11.9 Å². The number of ether oxygens (including phenoxy) is 1. The zero-order valence-electron chi connectivity index (χ0n) is 11.6. The molecule has 19 heavy (non-hydrogen) atoms. The van der Waals surface area contributed by atoms with E-state index in [0.717, 1.165) is 12.8 Å². The smallest absolute Gasteiger partial charge is 0.326 e. The molecular weight excluding hydrogens is 248 g/mol. The molecule has 0 aromatic heterocycles. The second kappa shape index (κ2) is 6.43. The molecule has 0 radical (unpaired) electrons. The molecule has 1 heterocycles. The molecule has 0 aromatic carbocycles. The van der Waals surface area contributed by atoms with Gasteiger partial charge in [-0.25, -0.2) is 0 Å². The van der Waals surface area contributed by atoms with Crippen LogP contribution in [-0.2, 0) is 14.3 Å². The molecule has 0 aliphatic carbocycles. The molecule has 0 spiro atoms. The van der Waals surface area contributed by atoms with E-state index in [1.165, 1.54) is 4.90 Å². The van der Waals surface area contributed by atoms with Crippen LogP contribution in [0.5, 0.6) is 0 Å². The van der Waals surface area contributed by atoms with Gasteiger partial charge in [-0.05, 0) is 39.1 Å². The average Bonchev–Trinajstić information content (AvgIpc) is 2.42. The molecule has 1 amide bonds. The molecule has 1 aliphatic rings. The zero-order valence-corrected chi connectivity index (χ0v) is 11.6. The first-order chi connectivity index (χ1) is 8.83. The molecule has 1 aliphatic heterocycles. The maximum Gasteiger partial charge on any atom is 0.326 e. The number of esters is 1. The summed E-state index contributed by atoms with van der Waals surface area (Å²) >= 11 is 0. The summed E-state index contributed by atoms with van der Waals surface area (Å²) in [7, 11) is 0. The highest BCUT2D eigenvalue weighted by molar-refractivity contribution is 5.86. The molecule has 7 nitrogen and oxygen atoms in total. The van der Waals surface area contributed by atoms with Gasteiger partial charge in [0.25, 0.3) is 0 Å². The first kappa shape index (κ1) is 15.3. The zero-order chi connectivity index (χ0) is 14.5. The van der Waals surface area contributed by atoms with E-state index < -0.39 is 17.6 Å². The van der Waals surface area contributed by atoms with E-state index in [9.17, 15) is 9.59 Å². The number of hydrogen-bond donors (Lipinski definition) is 0. The monoisotopic (exact) mass is 268 g/mol. The van der Waals surface area contributed by atoms with Gasteiger partial charge in [-0.3, -0.25) is 9.59 Å². The highest BCUT2D eigenvalue weighted by atomic mass is 16.6. The van der Waals surface area contributed by atoms with Crippen LogP contribution in [0.15, 0.2) is 5.11 Å². The predicted molar refractivity (Wildman–Crippen MR) is 69.2 cm³/mol. The van der Waals surface area contributed by atoms with Crippen molar-refractivity contribution in [2.24, 2.45) is 5.11 Å². The van der Waals surface area contributed by atoms with E-state index in [2.05, 4.69) is 10.0 Å². The predicted octanol–water partition coefficient (Wildman–Crippen LogP) is 2.02. The van der Waals surface area contributed by atoms with Gasteiger partial charge >= 0.3 is 5.97 Å². The highest BCUT2D eigenvalue weighted by Crippen LogP contribution is 2.16. The Morgan fingerprint density at radius 3 is 2.79 bits per heavy atom. The molecule has 1 saturated heterocycles. The van der Waals surface area contributed by atoms with Crippen molar-refractivity contribution in [3.05, 3.63) is 10.4 Å². The quantitative estimate of drug-likeness (QED) is 0.339. The van der Waals surface area contributed by atoms with Crippen LogP contribution in [0.4, 0.5) is 0 Å². The normalized spacial score (nSPS) is 20.5. The second-order valence-electron chi connectivity index (χ2n) is 5.56. The fourth-order valence-corrected chi connectivity index (χ4v) is 1.94. The Morgan fingerprint density at radius 2 is 2.21 bits per heavy atom. The van der Waals surface area contributed by atoms with E-state index in [4.69, 9.17) is 10.3 Å². The molecule has 106 valence electrons. The first-order valence-electron chi connectivity index (χ1n) is 6.38. The fourth-order valence-electron chi connectivity index (χ4n) is 1.94. The third-order valence-electron chi connectivity index (χ3n) is 2.68. The lowest BCUT2D eigenvalue weighted by molar-refractivity contribution is -0.158. The van der Waals surface area contributed by atoms with Crippen LogP contribution < -0.4 is 0 Å². The number of amides is 1. The van der Waals surface area contributed by atoms with Crippen LogP contribution >= 0.6 is 0 Å². The Kier molecular flexibility index (Phi) is 5.18. The van der Waals surface area contributed by atoms with Crippen LogP contribution in [-0.4, -0.2) is 41.5 Å².